The Kier molecular flexibility index (Phi) is 4.73. The second-order valence-electron chi connectivity index (χ2n) is 5.05. The van der Waals surface area contributed by atoms with E-state index in [1.54, 1.807) is 23.7 Å². The van der Waals surface area contributed by atoms with Gasteiger partial charge in [0.25, 0.3) is 5.91 Å². The third kappa shape index (κ3) is 3.98. The van der Waals surface area contributed by atoms with Crippen LogP contribution in [0.25, 0.3) is 11.4 Å². The summed E-state index contributed by atoms with van der Waals surface area (Å²) in [6, 6.07) is 9.67. The summed E-state index contributed by atoms with van der Waals surface area (Å²) in [5.74, 6) is 0.443. The molecule has 3 aromatic rings. The second-order valence-corrected chi connectivity index (χ2v) is 5.99. The minimum absolute atomic E-state index is 0.169. The molecule has 1 amide bonds. The van der Waals surface area contributed by atoms with Gasteiger partial charge in [-0.25, -0.2) is 15.0 Å². The minimum Gasteiger partial charge on any atom is -0.352 e. The van der Waals surface area contributed by atoms with E-state index in [2.05, 4.69) is 20.3 Å². The van der Waals surface area contributed by atoms with Gasteiger partial charge in [-0.3, -0.25) is 4.79 Å². The Morgan fingerprint density at radius 3 is 2.57 bits per heavy atom. The number of aromatic nitrogens is 3. The molecule has 0 aliphatic rings. The lowest BCUT2D eigenvalue weighted by molar-refractivity contribution is 0.0953. The Balaban J connectivity index is 1.57. The Labute approximate surface area is 138 Å². The maximum Gasteiger partial charge on any atom is 0.254 e. The molecule has 116 valence electrons. The van der Waals surface area contributed by atoms with Crippen molar-refractivity contribution in [2.24, 2.45) is 0 Å². The van der Waals surface area contributed by atoms with E-state index >= 15 is 0 Å². The van der Waals surface area contributed by atoms with Crippen molar-refractivity contribution >= 4 is 17.2 Å². The fraction of sp³-hybridized carbons (Fsp3) is 0.176. The van der Waals surface area contributed by atoms with Gasteiger partial charge in [-0.15, -0.1) is 11.3 Å². The lowest BCUT2D eigenvalue weighted by atomic mass is 10.2. The van der Waals surface area contributed by atoms with Gasteiger partial charge in [0.15, 0.2) is 5.82 Å². The van der Waals surface area contributed by atoms with Gasteiger partial charge in [0.05, 0.1) is 10.6 Å². The summed E-state index contributed by atoms with van der Waals surface area (Å²) >= 11 is 1.61. The molecule has 1 aromatic carbocycles. The van der Waals surface area contributed by atoms with Gasteiger partial charge in [0.1, 0.15) is 0 Å². The smallest absolute Gasteiger partial charge is 0.254 e. The van der Waals surface area contributed by atoms with Gasteiger partial charge in [0.2, 0.25) is 0 Å². The molecule has 3 rings (SSSR count). The highest BCUT2D eigenvalue weighted by Crippen LogP contribution is 2.13. The van der Waals surface area contributed by atoms with E-state index in [0.717, 1.165) is 22.7 Å². The minimum atomic E-state index is -0.169. The van der Waals surface area contributed by atoms with Crippen molar-refractivity contribution in [1.29, 1.82) is 0 Å². The van der Waals surface area contributed by atoms with Crippen molar-refractivity contribution in [1.82, 2.24) is 20.3 Å². The maximum atomic E-state index is 12.1. The van der Waals surface area contributed by atoms with Gasteiger partial charge in [-0.2, -0.15) is 0 Å². The second kappa shape index (κ2) is 7.11. The van der Waals surface area contributed by atoms with Crippen LogP contribution in [0.4, 0.5) is 0 Å². The first-order valence-corrected chi connectivity index (χ1v) is 8.17. The van der Waals surface area contributed by atoms with Crippen molar-refractivity contribution in [2.75, 3.05) is 6.54 Å². The Bertz CT molecular complexity index is 784. The Morgan fingerprint density at radius 1 is 1.17 bits per heavy atom. The molecule has 6 heteroatoms. The van der Waals surface area contributed by atoms with Crippen LogP contribution in [0, 0.1) is 6.92 Å². The van der Waals surface area contributed by atoms with E-state index in [1.165, 1.54) is 0 Å². The van der Waals surface area contributed by atoms with Crippen molar-refractivity contribution in [3.8, 4) is 11.4 Å². The Hall–Kier alpha value is -2.60. The van der Waals surface area contributed by atoms with Crippen LogP contribution in [0.15, 0.2) is 48.1 Å². The molecule has 1 N–H and O–H groups in total. The molecule has 5 nitrogen and oxygen atoms in total. The molecule has 0 radical (unpaired) electrons. The average molecular weight is 324 g/mol. The molecule has 0 saturated heterocycles. The zero-order chi connectivity index (χ0) is 16.1. The molecule has 0 unspecified atom stereocenters. The van der Waals surface area contributed by atoms with Crippen LogP contribution >= 0.6 is 11.3 Å². The van der Waals surface area contributed by atoms with E-state index in [0.29, 0.717) is 17.9 Å². The summed E-state index contributed by atoms with van der Waals surface area (Å²) < 4.78 is 0. The van der Waals surface area contributed by atoms with E-state index in [1.807, 2.05) is 42.6 Å². The number of nitrogens with zero attached hydrogens (tertiary/aromatic N) is 3. The third-order valence-electron chi connectivity index (χ3n) is 3.24. The third-order valence-corrected chi connectivity index (χ3v) is 4.26. The summed E-state index contributed by atoms with van der Waals surface area (Å²) in [5, 5.41) is 5.90. The summed E-state index contributed by atoms with van der Waals surface area (Å²) in [4.78, 5) is 25.0. The first-order valence-electron chi connectivity index (χ1n) is 7.29. The highest BCUT2D eigenvalue weighted by Gasteiger charge is 2.08. The summed E-state index contributed by atoms with van der Waals surface area (Å²) in [7, 11) is 0. The number of amides is 1. The maximum absolute atomic E-state index is 12.1. The van der Waals surface area contributed by atoms with Crippen LogP contribution < -0.4 is 5.32 Å². The highest BCUT2D eigenvalue weighted by molar-refractivity contribution is 7.09. The van der Waals surface area contributed by atoms with Crippen LogP contribution in [0.5, 0.6) is 0 Å². The van der Waals surface area contributed by atoms with Crippen LogP contribution in [0.1, 0.15) is 21.1 Å². The monoisotopic (exact) mass is 324 g/mol. The average Bonchev–Trinajstić information content (AvgIpc) is 3.01. The van der Waals surface area contributed by atoms with Crippen LogP contribution in [-0.2, 0) is 6.42 Å². The number of carbonyl (C=O) groups is 1. The van der Waals surface area contributed by atoms with Crippen LogP contribution in [0.2, 0.25) is 0 Å². The molecule has 23 heavy (non-hydrogen) atoms. The number of aryl methyl sites for hydroxylation is 1. The van der Waals surface area contributed by atoms with Gasteiger partial charge >= 0.3 is 0 Å². The first-order chi connectivity index (χ1) is 11.2. The number of nitrogens with one attached hydrogen (secondary N) is 1. The quantitative estimate of drug-likeness (QED) is 0.783. The van der Waals surface area contributed by atoms with E-state index < -0.39 is 0 Å². The zero-order valence-electron chi connectivity index (χ0n) is 12.7. The zero-order valence-corrected chi connectivity index (χ0v) is 13.5. The van der Waals surface area contributed by atoms with Crippen molar-refractivity contribution in [2.45, 2.75) is 13.3 Å². The number of carbonyl (C=O) groups excluding carboxylic acids is 1. The van der Waals surface area contributed by atoms with Crippen LogP contribution in [-0.4, -0.2) is 27.4 Å². The summed E-state index contributed by atoms with van der Waals surface area (Å²) in [6.07, 6.45) is 3.84. The fourth-order valence-corrected chi connectivity index (χ4v) is 2.86. The SMILES string of the molecule is Cc1csc(CCNC(=O)c2cnc(-c3ccccc3)nc2)n1. The van der Waals surface area contributed by atoms with Crippen molar-refractivity contribution in [3.63, 3.8) is 0 Å². The summed E-state index contributed by atoms with van der Waals surface area (Å²) in [5.41, 5.74) is 2.40. The van der Waals surface area contributed by atoms with E-state index in [9.17, 15) is 4.79 Å². The molecule has 0 spiro atoms. The van der Waals surface area contributed by atoms with Gasteiger partial charge in [0, 0.05) is 42.0 Å². The first kappa shape index (κ1) is 15.3. The van der Waals surface area contributed by atoms with Gasteiger partial charge in [-0.1, -0.05) is 30.3 Å². The standard InChI is InChI=1S/C17H16N4OS/c1-12-11-23-15(21-12)7-8-18-17(22)14-9-19-16(20-10-14)13-5-3-2-4-6-13/h2-6,9-11H,7-8H2,1H3,(H,18,22). The predicted octanol–water partition coefficient (Wildman–Crippen LogP) is 2.88. The number of hydrogen-bond donors (Lipinski definition) is 1. The van der Waals surface area contributed by atoms with E-state index in [4.69, 9.17) is 0 Å². The van der Waals surface area contributed by atoms with Crippen molar-refractivity contribution in [3.05, 3.63) is 64.4 Å². The normalized spacial score (nSPS) is 10.5. The molecule has 0 atom stereocenters. The lowest BCUT2D eigenvalue weighted by Crippen LogP contribution is -2.26. The van der Waals surface area contributed by atoms with Gasteiger partial charge in [-0.05, 0) is 6.92 Å². The molecule has 0 aliphatic heterocycles. The molecule has 2 heterocycles. The topological polar surface area (TPSA) is 67.8 Å². The molecule has 0 saturated carbocycles. The number of rotatable bonds is 5. The highest BCUT2D eigenvalue weighted by atomic mass is 32.1. The number of hydrogen-bond acceptors (Lipinski definition) is 5. The van der Waals surface area contributed by atoms with E-state index in [-0.39, 0.29) is 5.91 Å². The largest absolute Gasteiger partial charge is 0.352 e. The predicted molar refractivity (Wildman–Crippen MR) is 90.4 cm³/mol. The molecule has 0 fully saturated rings. The van der Waals surface area contributed by atoms with Crippen LogP contribution in [0.3, 0.4) is 0 Å². The number of benzene rings is 1. The van der Waals surface area contributed by atoms with Crippen molar-refractivity contribution < 1.29 is 4.79 Å². The lowest BCUT2D eigenvalue weighted by Gasteiger charge is -2.04. The molecular weight excluding hydrogens is 308 g/mol. The fourth-order valence-electron chi connectivity index (χ4n) is 2.08. The molecular formula is C17H16N4OS. The number of thiazole rings is 1. The van der Waals surface area contributed by atoms with Gasteiger partial charge < -0.3 is 5.32 Å². The molecule has 2 aromatic heterocycles. The summed E-state index contributed by atoms with van der Waals surface area (Å²) in [6.45, 7) is 2.51. The Morgan fingerprint density at radius 2 is 1.91 bits per heavy atom. The molecule has 0 bridgehead atoms. The molecule has 0 aliphatic carbocycles.